The predicted molar refractivity (Wildman–Crippen MR) is 65.7 cm³/mol. The lowest BCUT2D eigenvalue weighted by atomic mass is 9.66. The molecule has 0 heterocycles. The van der Waals surface area contributed by atoms with Crippen LogP contribution in [0, 0.1) is 17.8 Å². The molecule has 2 aliphatic carbocycles. The summed E-state index contributed by atoms with van der Waals surface area (Å²) in [5, 5.41) is 0. The van der Waals surface area contributed by atoms with Crippen LogP contribution in [-0.2, 0) is 0 Å². The molecule has 1 nitrogen and oxygen atoms in total. The van der Waals surface area contributed by atoms with Gasteiger partial charge in [0, 0.05) is 6.04 Å². The zero-order chi connectivity index (χ0) is 10.7. The van der Waals surface area contributed by atoms with Crippen LogP contribution in [-0.4, -0.2) is 6.04 Å². The second kappa shape index (κ2) is 5.34. The fourth-order valence-electron chi connectivity index (χ4n) is 3.95. The molecule has 0 aromatic carbocycles. The van der Waals surface area contributed by atoms with Gasteiger partial charge in [0.1, 0.15) is 0 Å². The normalized spacial score (nSPS) is 39.2. The summed E-state index contributed by atoms with van der Waals surface area (Å²) in [6, 6.07) is 0.514. The molecule has 0 aromatic heterocycles. The van der Waals surface area contributed by atoms with Crippen molar-refractivity contribution in [3.63, 3.8) is 0 Å². The van der Waals surface area contributed by atoms with Gasteiger partial charge in [-0.1, -0.05) is 45.4 Å². The summed E-state index contributed by atoms with van der Waals surface area (Å²) in [7, 11) is 0. The quantitative estimate of drug-likeness (QED) is 0.737. The molecule has 0 saturated heterocycles. The van der Waals surface area contributed by atoms with Gasteiger partial charge >= 0.3 is 0 Å². The van der Waals surface area contributed by atoms with E-state index in [2.05, 4.69) is 6.92 Å². The van der Waals surface area contributed by atoms with Gasteiger partial charge in [-0.15, -0.1) is 0 Å². The van der Waals surface area contributed by atoms with Crippen LogP contribution in [0.3, 0.4) is 0 Å². The minimum Gasteiger partial charge on any atom is -0.328 e. The zero-order valence-corrected chi connectivity index (χ0v) is 10.3. The molecule has 88 valence electrons. The molecule has 2 aliphatic rings. The maximum atomic E-state index is 6.15. The van der Waals surface area contributed by atoms with Gasteiger partial charge in [-0.3, -0.25) is 0 Å². The maximum absolute atomic E-state index is 6.15. The van der Waals surface area contributed by atoms with Gasteiger partial charge in [0.15, 0.2) is 0 Å². The molecule has 15 heavy (non-hydrogen) atoms. The lowest BCUT2D eigenvalue weighted by Crippen LogP contribution is -2.37. The summed E-state index contributed by atoms with van der Waals surface area (Å²) < 4.78 is 0. The molecule has 1 heteroatoms. The Balaban J connectivity index is 1.95. The fraction of sp³-hybridized carbons (Fsp3) is 1.00. The Kier molecular flexibility index (Phi) is 4.07. The SMILES string of the molecule is CCC1CCC(N)CC1C1CCCCC1. The summed E-state index contributed by atoms with van der Waals surface area (Å²) in [6.45, 7) is 2.37. The monoisotopic (exact) mass is 209 g/mol. The van der Waals surface area contributed by atoms with Gasteiger partial charge in [0.25, 0.3) is 0 Å². The average molecular weight is 209 g/mol. The summed E-state index contributed by atoms with van der Waals surface area (Å²) in [6.07, 6.45) is 12.8. The van der Waals surface area contributed by atoms with E-state index >= 15 is 0 Å². The van der Waals surface area contributed by atoms with E-state index < -0.39 is 0 Å². The second-order valence-electron chi connectivity index (χ2n) is 5.80. The van der Waals surface area contributed by atoms with Crippen LogP contribution in [0.1, 0.15) is 64.7 Å². The van der Waals surface area contributed by atoms with Crippen LogP contribution in [0.2, 0.25) is 0 Å². The Morgan fingerprint density at radius 1 is 1.00 bits per heavy atom. The summed E-state index contributed by atoms with van der Waals surface area (Å²) in [5.74, 6) is 2.99. The number of rotatable bonds is 2. The summed E-state index contributed by atoms with van der Waals surface area (Å²) in [5.41, 5.74) is 6.15. The molecule has 2 rings (SSSR count). The van der Waals surface area contributed by atoms with Crippen molar-refractivity contribution >= 4 is 0 Å². The molecular formula is C14H27N. The molecule has 0 spiro atoms. The molecule has 2 N–H and O–H groups in total. The fourth-order valence-corrected chi connectivity index (χ4v) is 3.95. The Hall–Kier alpha value is -0.0400. The molecule has 2 fully saturated rings. The first-order valence-electron chi connectivity index (χ1n) is 7.06. The summed E-state index contributed by atoms with van der Waals surface area (Å²) in [4.78, 5) is 0. The van der Waals surface area contributed by atoms with Gasteiger partial charge < -0.3 is 5.73 Å². The van der Waals surface area contributed by atoms with E-state index in [4.69, 9.17) is 5.73 Å². The Bertz CT molecular complexity index is 184. The van der Waals surface area contributed by atoms with E-state index in [1.165, 1.54) is 57.8 Å². The Labute approximate surface area is 94.8 Å². The highest BCUT2D eigenvalue weighted by Gasteiger charge is 2.33. The Morgan fingerprint density at radius 2 is 1.73 bits per heavy atom. The molecular weight excluding hydrogens is 182 g/mol. The third kappa shape index (κ3) is 2.75. The largest absolute Gasteiger partial charge is 0.328 e. The van der Waals surface area contributed by atoms with Gasteiger partial charge in [0.2, 0.25) is 0 Å². The van der Waals surface area contributed by atoms with E-state index in [0.717, 1.165) is 17.8 Å². The van der Waals surface area contributed by atoms with Crippen molar-refractivity contribution in [2.45, 2.75) is 70.8 Å². The first-order chi connectivity index (χ1) is 7.31. The molecule has 3 atom stereocenters. The number of nitrogens with two attached hydrogens (primary N) is 1. The first-order valence-corrected chi connectivity index (χ1v) is 7.06. The molecule has 3 unspecified atom stereocenters. The summed E-state index contributed by atoms with van der Waals surface area (Å²) >= 11 is 0. The van der Waals surface area contributed by atoms with E-state index in [0.29, 0.717) is 6.04 Å². The minimum atomic E-state index is 0.514. The Morgan fingerprint density at radius 3 is 2.40 bits per heavy atom. The zero-order valence-electron chi connectivity index (χ0n) is 10.3. The van der Waals surface area contributed by atoms with Gasteiger partial charge in [-0.25, -0.2) is 0 Å². The minimum absolute atomic E-state index is 0.514. The topological polar surface area (TPSA) is 26.0 Å². The van der Waals surface area contributed by atoms with E-state index in [1.54, 1.807) is 0 Å². The molecule has 0 radical (unpaired) electrons. The second-order valence-corrected chi connectivity index (χ2v) is 5.80. The third-order valence-electron chi connectivity index (χ3n) is 4.87. The highest BCUT2D eigenvalue weighted by Crippen LogP contribution is 2.42. The van der Waals surface area contributed by atoms with Crippen molar-refractivity contribution in [3.05, 3.63) is 0 Å². The standard InChI is InChI=1S/C14H27N/c1-2-11-8-9-13(15)10-14(11)12-6-4-3-5-7-12/h11-14H,2-10,15H2,1H3. The molecule has 2 saturated carbocycles. The van der Waals surface area contributed by atoms with Gasteiger partial charge in [-0.05, 0) is 37.0 Å². The number of hydrogen-bond acceptors (Lipinski definition) is 1. The molecule has 0 aliphatic heterocycles. The van der Waals surface area contributed by atoms with Crippen molar-refractivity contribution in [3.8, 4) is 0 Å². The van der Waals surface area contributed by atoms with Crippen LogP contribution in [0.5, 0.6) is 0 Å². The van der Waals surface area contributed by atoms with Crippen molar-refractivity contribution < 1.29 is 0 Å². The third-order valence-corrected chi connectivity index (χ3v) is 4.87. The average Bonchev–Trinajstić information content (AvgIpc) is 2.30. The molecule has 0 amide bonds. The smallest absolute Gasteiger partial charge is 0.00417 e. The van der Waals surface area contributed by atoms with Crippen LogP contribution in [0.15, 0.2) is 0 Å². The lowest BCUT2D eigenvalue weighted by molar-refractivity contribution is 0.115. The van der Waals surface area contributed by atoms with Crippen LogP contribution in [0.25, 0.3) is 0 Å². The molecule has 0 bridgehead atoms. The van der Waals surface area contributed by atoms with Crippen LogP contribution in [0.4, 0.5) is 0 Å². The van der Waals surface area contributed by atoms with Crippen LogP contribution < -0.4 is 5.73 Å². The highest BCUT2D eigenvalue weighted by molar-refractivity contribution is 4.86. The maximum Gasteiger partial charge on any atom is 0.00417 e. The van der Waals surface area contributed by atoms with Gasteiger partial charge in [0.05, 0.1) is 0 Å². The van der Waals surface area contributed by atoms with Crippen molar-refractivity contribution in [1.82, 2.24) is 0 Å². The van der Waals surface area contributed by atoms with Crippen molar-refractivity contribution in [2.24, 2.45) is 23.5 Å². The van der Waals surface area contributed by atoms with E-state index in [1.807, 2.05) is 0 Å². The van der Waals surface area contributed by atoms with E-state index in [9.17, 15) is 0 Å². The van der Waals surface area contributed by atoms with Gasteiger partial charge in [-0.2, -0.15) is 0 Å². The first kappa shape index (κ1) is 11.4. The highest BCUT2D eigenvalue weighted by atomic mass is 14.6. The van der Waals surface area contributed by atoms with Crippen molar-refractivity contribution in [2.75, 3.05) is 0 Å². The number of hydrogen-bond donors (Lipinski definition) is 1. The van der Waals surface area contributed by atoms with Crippen molar-refractivity contribution in [1.29, 1.82) is 0 Å². The van der Waals surface area contributed by atoms with E-state index in [-0.39, 0.29) is 0 Å². The van der Waals surface area contributed by atoms with Crippen LogP contribution >= 0.6 is 0 Å². The predicted octanol–water partition coefficient (Wildman–Crippen LogP) is 3.72. The lowest BCUT2D eigenvalue weighted by Gasteiger charge is -2.41. The molecule has 0 aromatic rings.